The number of sulfonamides is 1. The Hall–Kier alpha value is -0.620. The number of nitrogens with two attached hydrogens (primary N) is 1. The van der Waals surface area contributed by atoms with Crippen LogP contribution in [0.5, 0.6) is 0 Å². The van der Waals surface area contributed by atoms with Gasteiger partial charge in [0.2, 0.25) is 10.0 Å². The van der Waals surface area contributed by atoms with Crippen LogP contribution < -0.4 is 10.5 Å². The quantitative estimate of drug-likeness (QED) is 0.830. The molecule has 0 aliphatic carbocycles. The molecule has 0 aromatic heterocycles. The fraction of sp³-hybridized carbons (Fsp3) is 0.455. The third-order valence-corrected chi connectivity index (χ3v) is 4.13. The minimum absolute atomic E-state index is 0.0570. The zero-order valence-electron chi connectivity index (χ0n) is 9.69. The predicted octanol–water partition coefficient (Wildman–Crippen LogP) is 1.67. The summed E-state index contributed by atoms with van der Waals surface area (Å²) < 4.78 is 25.9. The zero-order chi connectivity index (χ0) is 12.9. The van der Waals surface area contributed by atoms with Gasteiger partial charge >= 0.3 is 0 Å². The van der Waals surface area contributed by atoms with Crippen molar-refractivity contribution in [1.82, 2.24) is 4.72 Å². The summed E-state index contributed by atoms with van der Waals surface area (Å²) in [5.74, 6) is 0.0570. The molecule has 17 heavy (non-hydrogen) atoms. The van der Waals surface area contributed by atoms with E-state index >= 15 is 0 Å². The van der Waals surface area contributed by atoms with Crippen LogP contribution in [0.15, 0.2) is 24.3 Å². The van der Waals surface area contributed by atoms with Gasteiger partial charge in [-0.2, -0.15) is 0 Å². The van der Waals surface area contributed by atoms with E-state index in [1.807, 2.05) is 0 Å². The van der Waals surface area contributed by atoms with Crippen LogP contribution in [0.2, 0.25) is 5.02 Å². The van der Waals surface area contributed by atoms with Gasteiger partial charge in [-0.25, -0.2) is 13.1 Å². The first-order chi connectivity index (χ1) is 7.94. The van der Waals surface area contributed by atoms with Crippen molar-refractivity contribution in [3.63, 3.8) is 0 Å². The summed E-state index contributed by atoms with van der Waals surface area (Å²) in [5.41, 5.74) is 6.17. The Morgan fingerprint density at radius 1 is 1.35 bits per heavy atom. The van der Waals surface area contributed by atoms with E-state index in [4.69, 9.17) is 17.3 Å². The van der Waals surface area contributed by atoms with Gasteiger partial charge in [-0.3, -0.25) is 0 Å². The fourth-order valence-corrected chi connectivity index (χ4v) is 2.89. The topological polar surface area (TPSA) is 72.2 Å². The largest absolute Gasteiger partial charge is 0.330 e. The summed E-state index contributed by atoms with van der Waals surface area (Å²) in [5, 5.41) is 0.631. The Bertz CT molecular complexity index is 445. The maximum absolute atomic E-state index is 11.6. The molecule has 1 aromatic rings. The first-order valence-electron chi connectivity index (χ1n) is 5.40. The fourth-order valence-electron chi connectivity index (χ4n) is 1.42. The van der Waals surface area contributed by atoms with Crippen molar-refractivity contribution < 1.29 is 8.42 Å². The van der Waals surface area contributed by atoms with E-state index in [2.05, 4.69) is 4.72 Å². The molecule has 0 heterocycles. The molecule has 6 heteroatoms. The molecule has 0 fully saturated rings. The Balaban J connectivity index is 2.65. The first kappa shape index (κ1) is 14.4. The van der Waals surface area contributed by atoms with Crippen molar-refractivity contribution in [2.24, 2.45) is 5.73 Å². The minimum atomic E-state index is -3.26. The van der Waals surface area contributed by atoms with Gasteiger partial charge in [0.15, 0.2) is 0 Å². The number of benzene rings is 1. The van der Waals surface area contributed by atoms with Crippen LogP contribution in [0.25, 0.3) is 0 Å². The van der Waals surface area contributed by atoms with Crippen LogP contribution in [0.3, 0.4) is 0 Å². The highest BCUT2D eigenvalue weighted by atomic mass is 35.5. The van der Waals surface area contributed by atoms with E-state index in [-0.39, 0.29) is 11.8 Å². The molecule has 0 saturated heterocycles. The maximum Gasteiger partial charge on any atom is 0.212 e. The Morgan fingerprint density at radius 2 is 1.94 bits per heavy atom. The van der Waals surface area contributed by atoms with E-state index in [0.29, 0.717) is 18.0 Å². The van der Waals surface area contributed by atoms with E-state index in [9.17, 15) is 8.42 Å². The van der Waals surface area contributed by atoms with Crippen molar-refractivity contribution in [2.45, 2.75) is 19.4 Å². The lowest BCUT2D eigenvalue weighted by molar-refractivity contribution is 0.564. The number of nitrogens with one attached hydrogen (secondary N) is 1. The van der Waals surface area contributed by atoms with Crippen molar-refractivity contribution in [2.75, 3.05) is 12.3 Å². The maximum atomic E-state index is 11.6. The standard InChI is InChI=1S/C11H17ClN2O2S/c1-9(10-3-5-11(12)6-4-10)14-17(15,16)8-2-7-13/h3-6,9,14H,2,7-8,13H2,1H3. The number of rotatable bonds is 6. The average Bonchev–Trinajstić information content (AvgIpc) is 2.26. The van der Waals surface area contributed by atoms with E-state index < -0.39 is 10.0 Å². The van der Waals surface area contributed by atoms with Gasteiger partial charge < -0.3 is 5.73 Å². The summed E-state index contributed by atoms with van der Waals surface area (Å²) >= 11 is 5.77. The molecule has 0 aliphatic heterocycles. The molecule has 1 aromatic carbocycles. The second-order valence-electron chi connectivity index (χ2n) is 3.85. The third-order valence-electron chi connectivity index (χ3n) is 2.34. The first-order valence-corrected chi connectivity index (χ1v) is 7.43. The summed E-state index contributed by atoms with van der Waals surface area (Å²) in [4.78, 5) is 0. The van der Waals surface area contributed by atoms with Crippen LogP contribution in [0.1, 0.15) is 24.9 Å². The normalized spacial score (nSPS) is 13.6. The molecule has 4 nitrogen and oxygen atoms in total. The lowest BCUT2D eigenvalue weighted by Gasteiger charge is -2.14. The van der Waals surface area contributed by atoms with E-state index in [0.717, 1.165) is 5.56 Å². The van der Waals surface area contributed by atoms with Gasteiger partial charge in [-0.15, -0.1) is 0 Å². The lowest BCUT2D eigenvalue weighted by Crippen LogP contribution is -2.29. The molecule has 96 valence electrons. The molecular formula is C11H17ClN2O2S. The molecule has 0 amide bonds. The van der Waals surface area contributed by atoms with Crippen molar-refractivity contribution in [3.8, 4) is 0 Å². The van der Waals surface area contributed by atoms with Gasteiger partial charge in [-0.1, -0.05) is 23.7 Å². The molecule has 0 spiro atoms. The van der Waals surface area contributed by atoms with Crippen LogP contribution in [0.4, 0.5) is 0 Å². The number of hydrogen-bond acceptors (Lipinski definition) is 3. The van der Waals surface area contributed by atoms with Gasteiger partial charge in [0, 0.05) is 11.1 Å². The molecule has 0 aliphatic rings. The van der Waals surface area contributed by atoms with Crippen molar-refractivity contribution in [3.05, 3.63) is 34.9 Å². The summed E-state index contributed by atoms with van der Waals surface area (Å²) in [6.45, 7) is 2.17. The summed E-state index contributed by atoms with van der Waals surface area (Å²) in [6.07, 6.45) is 0.461. The van der Waals surface area contributed by atoms with Crippen LogP contribution in [-0.4, -0.2) is 20.7 Å². The zero-order valence-corrected chi connectivity index (χ0v) is 11.3. The highest BCUT2D eigenvalue weighted by Gasteiger charge is 2.14. The summed E-state index contributed by atoms with van der Waals surface area (Å²) in [7, 11) is -3.26. The van der Waals surface area contributed by atoms with Gasteiger partial charge in [0.1, 0.15) is 0 Å². The average molecular weight is 277 g/mol. The van der Waals surface area contributed by atoms with Crippen LogP contribution in [-0.2, 0) is 10.0 Å². The molecule has 1 rings (SSSR count). The molecule has 0 bridgehead atoms. The van der Waals surface area contributed by atoms with Gasteiger partial charge in [-0.05, 0) is 37.6 Å². The molecule has 1 atom stereocenters. The minimum Gasteiger partial charge on any atom is -0.330 e. The van der Waals surface area contributed by atoms with E-state index in [1.54, 1.807) is 31.2 Å². The van der Waals surface area contributed by atoms with E-state index in [1.165, 1.54) is 0 Å². The highest BCUT2D eigenvalue weighted by Crippen LogP contribution is 2.16. The van der Waals surface area contributed by atoms with Crippen molar-refractivity contribution in [1.29, 1.82) is 0 Å². The van der Waals surface area contributed by atoms with Gasteiger partial charge in [0.05, 0.1) is 5.75 Å². The Kier molecular flexibility index (Phi) is 5.39. The van der Waals surface area contributed by atoms with Gasteiger partial charge in [0.25, 0.3) is 0 Å². The molecular weight excluding hydrogens is 260 g/mol. The smallest absolute Gasteiger partial charge is 0.212 e. The molecule has 3 N–H and O–H groups in total. The molecule has 0 saturated carbocycles. The monoisotopic (exact) mass is 276 g/mol. The Labute approximate surface area is 107 Å². The van der Waals surface area contributed by atoms with Crippen LogP contribution >= 0.6 is 11.6 Å². The Morgan fingerprint density at radius 3 is 2.47 bits per heavy atom. The third kappa shape index (κ3) is 5.04. The summed E-state index contributed by atoms with van der Waals surface area (Å²) in [6, 6.07) is 6.81. The lowest BCUT2D eigenvalue weighted by atomic mass is 10.1. The number of hydrogen-bond donors (Lipinski definition) is 2. The predicted molar refractivity (Wildman–Crippen MR) is 70.5 cm³/mol. The van der Waals surface area contributed by atoms with Crippen LogP contribution in [0, 0.1) is 0 Å². The highest BCUT2D eigenvalue weighted by molar-refractivity contribution is 7.89. The SMILES string of the molecule is CC(NS(=O)(=O)CCCN)c1ccc(Cl)cc1. The molecule has 0 radical (unpaired) electrons. The van der Waals surface area contributed by atoms with Crippen molar-refractivity contribution >= 4 is 21.6 Å². The second-order valence-corrected chi connectivity index (χ2v) is 6.16. The molecule has 1 unspecified atom stereocenters. The number of halogens is 1. The second kappa shape index (κ2) is 6.35.